The molecule has 0 bridgehead atoms. The molecule has 0 radical (unpaired) electrons. The molecular weight excluding hydrogens is 194 g/mol. The highest BCUT2D eigenvalue weighted by Crippen LogP contribution is 2.07. The first-order valence-electron chi connectivity index (χ1n) is 4.25. The van der Waals surface area contributed by atoms with Gasteiger partial charge in [0.25, 0.3) is 5.91 Å². The highest BCUT2D eigenvalue weighted by Gasteiger charge is 2.06. The van der Waals surface area contributed by atoms with Gasteiger partial charge in [-0.25, -0.2) is 0 Å². The highest BCUT2D eigenvalue weighted by molar-refractivity contribution is 6.03. The Morgan fingerprint density at radius 1 is 1.20 bits per heavy atom. The molecule has 78 valence electrons. The van der Waals surface area contributed by atoms with Gasteiger partial charge < -0.3 is 11.5 Å². The summed E-state index contributed by atoms with van der Waals surface area (Å²) in [5.74, 6) is -0.972. The first-order chi connectivity index (χ1) is 7.00. The van der Waals surface area contributed by atoms with Gasteiger partial charge in [-0.2, -0.15) is 4.99 Å². The summed E-state index contributed by atoms with van der Waals surface area (Å²) in [4.78, 5) is 25.8. The molecule has 1 amide bonds. The van der Waals surface area contributed by atoms with Crippen LogP contribution in [0.3, 0.4) is 0 Å². The zero-order valence-electron chi connectivity index (χ0n) is 8.23. The van der Waals surface area contributed by atoms with E-state index in [1.165, 1.54) is 13.0 Å². The molecule has 0 spiro atoms. The van der Waals surface area contributed by atoms with Crippen molar-refractivity contribution in [1.29, 1.82) is 0 Å². The average Bonchev–Trinajstić information content (AvgIpc) is 2.17. The number of rotatable bonds is 2. The number of carbonyl (C=O) groups is 2. The molecule has 0 saturated carbocycles. The molecule has 0 heterocycles. The lowest BCUT2D eigenvalue weighted by Crippen LogP contribution is -2.24. The van der Waals surface area contributed by atoms with Gasteiger partial charge >= 0.3 is 0 Å². The third kappa shape index (κ3) is 2.91. The van der Waals surface area contributed by atoms with Crippen LogP contribution in [0, 0.1) is 0 Å². The summed E-state index contributed by atoms with van der Waals surface area (Å²) in [6, 6.07) is 6.22. The molecule has 1 aromatic rings. The van der Waals surface area contributed by atoms with Crippen molar-refractivity contribution in [2.45, 2.75) is 6.92 Å². The lowest BCUT2D eigenvalue weighted by molar-refractivity contribution is 0.100. The Kier molecular flexibility index (Phi) is 3.17. The van der Waals surface area contributed by atoms with Crippen LogP contribution in [0.1, 0.15) is 27.6 Å². The summed E-state index contributed by atoms with van der Waals surface area (Å²) in [5, 5.41) is 0. The van der Waals surface area contributed by atoms with Crippen LogP contribution in [0.2, 0.25) is 0 Å². The van der Waals surface area contributed by atoms with E-state index in [1.807, 2.05) is 0 Å². The second-order valence-electron chi connectivity index (χ2n) is 2.98. The Hall–Kier alpha value is -2.17. The van der Waals surface area contributed by atoms with E-state index in [1.54, 1.807) is 18.2 Å². The van der Waals surface area contributed by atoms with E-state index < -0.39 is 5.91 Å². The second-order valence-corrected chi connectivity index (χ2v) is 2.98. The van der Waals surface area contributed by atoms with Crippen molar-refractivity contribution in [1.82, 2.24) is 0 Å². The number of hydrogen-bond acceptors (Lipinski definition) is 2. The minimum absolute atomic E-state index is 0.116. The van der Waals surface area contributed by atoms with Gasteiger partial charge in [-0.3, -0.25) is 9.59 Å². The Labute approximate surface area is 86.8 Å². The van der Waals surface area contributed by atoms with E-state index in [0.717, 1.165) is 0 Å². The van der Waals surface area contributed by atoms with Crippen LogP contribution in [0.15, 0.2) is 29.3 Å². The fraction of sp³-hybridized carbons (Fsp3) is 0.100. The molecule has 0 saturated heterocycles. The van der Waals surface area contributed by atoms with Crippen molar-refractivity contribution in [3.8, 4) is 0 Å². The van der Waals surface area contributed by atoms with Crippen molar-refractivity contribution >= 4 is 17.6 Å². The first kappa shape index (κ1) is 10.9. The number of nitrogens with zero attached hydrogens (tertiary/aromatic N) is 1. The fourth-order valence-corrected chi connectivity index (χ4v) is 1.05. The summed E-state index contributed by atoms with van der Waals surface area (Å²) >= 11 is 0. The molecule has 0 aliphatic heterocycles. The van der Waals surface area contributed by atoms with Crippen LogP contribution in [0.25, 0.3) is 0 Å². The van der Waals surface area contributed by atoms with Crippen molar-refractivity contribution in [2.24, 2.45) is 16.5 Å². The number of amides is 1. The third-order valence-electron chi connectivity index (χ3n) is 1.75. The van der Waals surface area contributed by atoms with E-state index in [9.17, 15) is 9.59 Å². The van der Waals surface area contributed by atoms with Gasteiger partial charge in [0.05, 0.1) is 0 Å². The number of benzene rings is 1. The molecule has 0 aliphatic carbocycles. The normalized spacial score (nSPS) is 9.40. The average molecular weight is 205 g/mol. The fourth-order valence-electron chi connectivity index (χ4n) is 1.05. The van der Waals surface area contributed by atoms with Gasteiger partial charge in [0.15, 0.2) is 11.7 Å². The van der Waals surface area contributed by atoms with Crippen LogP contribution in [-0.2, 0) is 0 Å². The smallest absolute Gasteiger partial charge is 0.280 e. The molecular formula is C10H11N3O2. The molecule has 0 fully saturated rings. The molecule has 0 atom stereocenters. The monoisotopic (exact) mass is 205 g/mol. The maximum Gasteiger partial charge on any atom is 0.280 e. The molecule has 15 heavy (non-hydrogen) atoms. The molecule has 4 N–H and O–H groups in total. The topological polar surface area (TPSA) is 98.5 Å². The number of carbonyl (C=O) groups excluding carboxylic acids is 2. The van der Waals surface area contributed by atoms with Gasteiger partial charge in [-0.15, -0.1) is 0 Å². The van der Waals surface area contributed by atoms with Crippen LogP contribution in [0.4, 0.5) is 0 Å². The number of aliphatic imine (C=N–C) groups is 1. The quantitative estimate of drug-likeness (QED) is 0.412. The van der Waals surface area contributed by atoms with Crippen LogP contribution in [-0.4, -0.2) is 17.6 Å². The molecule has 0 aromatic heterocycles. The van der Waals surface area contributed by atoms with Gasteiger partial charge in [-0.1, -0.05) is 12.1 Å². The van der Waals surface area contributed by atoms with Crippen molar-refractivity contribution < 1.29 is 9.59 Å². The van der Waals surface area contributed by atoms with Gasteiger partial charge in [0.2, 0.25) is 0 Å². The Balaban J connectivity index is 3.06. The molecule has 1 rings (SSSR count). The number of nitrogens with two attached hydrogens (primary N) is 2. The van der Waals surface area contributed by atoms with E-state index >= 15 is 0 Å². The Morgan fingerprint density at radius 2 is 1.80 bits per heavy atom. The van der Waals surface area contributed by atoms with E-state index in [4.69, 9.17) is 11.5 Å². The lowest BCUT2D eigenvalue weighted by atomic mass is 10.1. The number of hydrogen-bond donors (Lipinski definition) is 2. The molecule has 5 heteroatoms. The zero-order chi connectivity index (χ0) is 11.4. The standard InChI is InChI=1S/C10H11N3O2/c1-6(14)7-3-2-4-8(5-7)9(15)13-10(11)12/h2-5H,1H3,(H4,11,12,13,15). The van der Waals surface area contributed by atoms with Crippen LogP contribution < -0.4 is 11.5 Å². The van der Waals surface area contributed by atoms with E-state index in [-0.39, 0.29) is 17.3 Å². The minimum atomic E-state index is -0.557. The SMILES string of the molecule is CC(=O)c1cccc(C(=O)N=C(N)N)c1. The number of guanidine groups is 1. The molecule has 5 nitrogen and oxygen atoms in total. The summed E-state index contributed by atoms with van der Waals surface area (Å²) in [7, 11) is 0. The summed E-state index contributed by atoms with van der Waals surface area (Å²) < 4.78 is 0. The van der Waals surface area contributed by atoms with Crippen molar-refractivity contribution in [3.63, 3.8) is 0 Å². The Bertz CT molecular complexity index is 434. The van der Waals surface area contributed by atoms with E-state index in [0.29, 0.717) is 5.56 Å². The summed E-state index contributed by atoms with van der Waals surface area (Å²) in [6.45, 7) is 1.42. The lowest BCUT2D eigenvalue weighted by Gasteiger charge is -1.98. The first-order valence-corrected chi connectivity index (χ1v) is 4.25. The zero-order valence-corrected chi connectivity index (χ0v) is 8.23. The van der Waals surface area contributed by atoms with Gasteiger partial charge in [0, 0.05) is 11.1 Å². The van der Waals surface area contributed by atoms with E-state index in [2.05, 4.69) is 4.99 Å². The van der Waals surface area contributed by atoms with Crippen molar-refractivity contribution in [3.05, 3.63) is 35.4 Å². The van der Waals surface area contributed by atoms with Crippen LogP contribution in [0.5, 0.6) is 0 Å². The molecule has 1 aromatic carbocycles. The van der Waals surface area contributed by atoms with Gasteiger partial charge in [-0.05, 0) is 19.1 Å². The third-order valence-corrected chi connectivity index (χ3v) is 1.75. The number of Topliss-reactive ketones (excluding diaryl/α,β-unsaturated/α-hetero) is 1. The molecule has 0 unspecified atom stereocenters. The summed E-state index contributed by atoms with van der Waals surface area (Å²) in [6.07, 6.45) is 0. The highest BCUT2D eigenvalue weighted by atomic mass is 16.1. The van der Waals surface area contributed by atoms with Crippen molar-refractivity contribution in [2.75, 3.05) is 0 Å². The predicted octanol–water partition coefficient (Wildman–Crippen LogP) is 0.303. The maximum atomic E-state index is 11.4. The second kappa shape index (κ2) is 4.36. The largest absolute Gasteiger partial charge is 0.370 e. The Morgan fingerprint density at radius 3 is 2.33 bits per heavy atom. The number of ketones is 1. The molecule has 0 aliphatic rings. The predicted molar refractivity (Wildman–Crippen MR) is 56.6 cm³/mol. The maximum absolute atomic E-state index is 11.4. The summed E-state index contributed by atoms with van der Waals surface area (Å²) in [5.41, 5.74) is 10.9. The van der Waals surface area contributed by atoms with Crippen LogP contribution >= 0.6 is 0 Å². The minimum Gasteiger partial charge on any atom is -0.370 e. The van der Waals surface area contributed by atoms with Gasteiger partial charge in [0.1, 0.15) is 0 Å².